The molecule has 0 saturated heterocycles. The van der Waals surface area contributed by atoms with E-state index in [4.69, 9.17) is 4.98 Å². The van der Waals surface area contributed by atoms with Crippen LogP contribution in [0, 0.1) is 27.7 Å². The Labute approximate surface area is 193 Å². The van der Waals surface area contributed by atoms with Crippen LogP contribution in [-0.4, -0.2) is 22.8 Å². The quantitative estimate of drug-likeness (QED) is 0.300. The van der Waals surface area contributed by atoms with Crippen molar-refractivity contribution in [2.45, 2.75) is 47.5 Å². The number of pyridine rings is 2. The van der Waals surface area contributed by atoms with Gasteiger partial charge in [0, 0.05) is 22.8 Å². The van der Waals surface area contributed by atoms with Gasteiger partial charge >= 0.3 is 0 Å². The molecule has 164 valence electrons. The Kier molecular flexibility index (Phi) is 6.72. The van der Waals surface area contributed by atoms with E-state index >= 15 is 0 Å². The summed E-state index contributed by atoms with van der Waals surface area (Å²) in [6.45, 7) is 13.3. The Morgan fingerprint density at radius 1 is 0.844 bits per heavy atom. The van der Waals surface area contributed by atoms with Gasteiger partial charge in [-0.15, -0.1) is 0 Å². The van der Waals surface area contributed by atoms with Crippen LogP contribution in [0.3, 0.4) is 0 Å². The van der Waals surface area contributed by atoms with E-state index in [-0.39, 0.29) is 7.92 Å². The van der Waals surface area contributed by atoms with Gasteiger partial charge in [-0.3, -0.25) is 9.97 Å². The highest BCUT2D eigenvalue weighted by Gasteiger charge is 2.15. The molecule has 3 heteroatoms. The molecule has 4 rings (SSSR count). The number of aryl methyl sites for hydroxylation is 5. The molecule has 4 aromatic rings. The van der Waals surface area contributed by atoms with Crippen LogP contribution < -0.4 is 5.30 Å². The smallest absolute Gasteiger partial charge is 0.0740 e. The second kappa shape index (κ2) is 9.51. The van der Waals surface area contributed by atoms with Gasteiger partial charge in [-0.2, -0.15) is 0 Å². The fourth-order valence-corrected chi connectivity index (χ4v) is 5.76. The van der Waals surface area contributed by atoms with Crippen molar-refractivity contribution in [1.82, 2.24) is 9.97 Å². The van der Waals surface area contributed by atoms with Crippen LogP contribution in [0.15, 0.2) is 54.7 Å². The van der Waals surface area contributed by atoms with E-state index in [0.717, 1.165) is 24.1 Å². The van der Waals surface area contributed by atoms with Crippen molar-refractivity contribution in [2.75, 3.05) is 12.8 Å². The lowest BCUT2D eigenvalue weighted by Gasteiger charge is -2.18. The molecule has 0 saturated carbocycles. The standard InChI is InChI=1S/C29H33N2P/c1-7-32(6)27-17-26(31-29(22(27)5)24-11-8-19(2)9-12-24)13-10-23-15-21(4)28-25(16-23)14-20(3)18-30-28/h8-9,11-12,14-18H,7,10,13H2,1-6H3. The monoisotopic (exact) mass is 440 g/mol. The third kappa shape index (κ3) is 4.76. The maximum Gasteiger partial charge on any atom is 0.0740 e. The van der Waals surface area contributed by atoms with Crippen LogP contribution in [0.5, 0.6) is 0 Å². The molecule has 0 aliphatic rings. The van der Waals surface area contributed by atoms with Crippen molar-refractivity contribution in [1.29, 1.82) is 0 Å². The second-order valence-electron chi connectivity index (χ2n) is 8.98. The topological polar surface area (TPSA) is 25.8 Å². The maximum atomic E-state index is 5.16. The van der Waals surface area contributed by atoms with Crippen LogP contribution in [-0.2, 0) is 12.8 Å². The van der Waals surface area contributed by atoms with Crippen molar-refractivity contribution in [2.24, 2.45) is 0 Å². The number of fused-ring (bicyclic) bond motifs is 1. The molecule has 0 spiro atoms. The normalized spacial score (nSPS) is 12.3. The molecule has 2 nitrogen and oxygen atoms in total. The number of aromatic nitrogens is 2. The summed E-state index contributed by atoms with van der Waals surface area (Å²) in [4.78, 5) is 9.79. The van der Waals surface area contributed by atoms with Crippen molar-refractivity contribution in [3.05, 3.63) is 88.2 Å². The molecule has 0 radical (unpaired) electrons. The van der Waals surface area contributed by atoms with Gasteiger partial charge in [0.25, 0.3) is 0 Å². The lowest BCUT2D eigenvalue weighted by molar-refractivity contribution is 0.915. The van der Waals surface area contributed by atoms with E-state index in [1.54, 1.807) is 0 Å². The van der Waals surface area contributed by atoms with Gasteiger partial charge in [0.1, 0.15) is 0 Å². The maximum absolute atomic E-state index is 5.16. The summed E-state index contributed by atoms with van der Waals surface area (Å²) in [5, 5.41) is 2.73. The van der Waals surface area contributed by atoms with Gasteiger partial charge in [-0.05, 0) is 99.1 Å². The minimum absolute atomic E-state index is 0.169. The minimum atomic E-state index is -0.169. The molecule has 1 atom stereocenters. The highest BCUT2D eigenvalue weighted by molar-refractivity contribution is 7.64. The van der Waals surface area contributed by atoms with Crippen LogP contribution in [0.4, 0.5) is 0 Å². The van der Waals surface area contributed by atoms with Crippen LogP contribution in [0.2, 0.25) is 0 Å². The average Bonchev–Trinajstić information content (AvgIpc) is 2.78. The van der Waals surface area contributed by atoms with Gasteiger partial charge in [0.15, 0.2) is 0 Å². The molecule has 0 fully saturated rings. The van der Waals surface area contributed by atoms with Crippen LogP contribution in [0.25, 0.3) is 22.2 Å². The van der Waals surface area contributed by atoms with Crippen molar-refractivity contribution >= 4 is 24.1 Å². The Morgan fingerprint density at radius 3 is 2.31 bits per heavy atom. The summed E-state index contributed by atoms with van der Waals surface area (Å²) in [5.74, 6) is 0. The lowest BCUT2D eigenvalue weighted by Crippen LogP contribution is -2.13. The van der Waals surface area contributed by atoms with Crippen molar-refractivity contribution in [3.63, 3.8) is 0 Å². The molecule has 2 aromatic carbocycles. The number of nitrogens with zero attached hydrogens (tertiary/aromatic N) is 2. The Balaban J connectivity index is 1.69. The Hall–Kier alpha value is -2.57. The first-order chi connectivity index (χ1) is 15.4. The Bertz CT molecular complexity index is 1260. The number of rotatable bonds is 6. The molecule has 1 unspecified atom stereocenters. The molecule has 0 aliphatic heterocycles. The molecular weight excluding hydrogens is 407 g/mol. The summed E-state index contributed by atoms with van der Waals surface area (Å²) in [6, 6.07) is 18.0. The van der Waals surface area contributed by atoms with Crippen LogP contribution >= 0.6 is 7.92 Å². The number of hydrogen-bond acceptors (Lipinski definition) is 2. The highest BCUT2D eigenvalue weighted by atomic mass is 31.1. The number of benzene rings is 2. The minimum Gasteiger partial charge on any atom is -0.256 e. The van der Waals surface area contributed by atoms with E-state index in [0.29, 0.717) is 0 Å². The molecule has 0 aliphatic carbocycles. The van der Waals surface area contributed by atoms with Crippen molar-refractivity contribution in [3.8, 4) is 11.3 Å². The van der Waals surface area contributed by atoms with Gasteiger partial charge < -0.3 is 0 Å². The molecular formula is C29H33N2P. The highest BCUT2D eigenvalue weighted by Crippen LogP contribution is 2.34. The number of hydrogen-bond donors (Lipinski definition) is 0. The summed E-state index contributed by atoms with van der Waals surface area (Å²) in [6.07, 6.45) is 5.09. The van der Waals surface area contributed by atoms with Crippen LogP contribution in [0.1, 0.15) is 40.4 Å². The third-order valence-electron chi connectivity index (χ3n) is 6.35. The molecule has 2 aromatic heterocycles. The predicted octanol–water partition coefficient (Wildman–Crippen LogP) is 7.07. The summed E-state index contributed by atoms with van der Waals surface area (Å²) in [5.41, 5.74) is 11.1. The zero-order valence-corrected chi connectivity index (χ0v) is 21.1. The second-order valence-corrected chi connectivity index (χ2v) is 11.5. The van der Waals surface area contributed by atoms with Gasteiger partial charge in [-0.25, -0.2) is 0 Å². The van der Waals surface area contributed by atoms with E-state index in [9.17, 15) is 0 Å². The molecule has 2 heterocycles. The zero-order chi connectivity index (χ0) is 22.8. The zero-order valence-electron chi connectivity index (χ0n) is 20.2. The fourth-order valence-electron chi connectivity index (χ4n) is 4.37. The predicted molar refractivity (Wildman–Crippen MR) is 141 cm³/mol. The van der Waals surface area contributed by atoms with Gasteiger partial charge in [0.05, 0.1) is 11.2 Å². The molecule has 0 bridgehead atoms. The summed E-state index contributed by atoms with van der Waals surface area (Å²) < 4.78 is 0. The first-order valence-electron chi connectivity index (χ1n) is 11.5. The lowest BCUT2D eigenvalue weighted by atomic mass is 10.00. The van der Waals surface area contributed by atoms with E-state index in [1.165, 1.54) is 55.9 Å². The fraction of sp³-hybridized carbons (Fsp3) is 0.310. The SMILES string of the molecule is CCP(C)c1cc(CCc2cc(C)c3ncc(C)cc3c2)nc(-c2ccc(C)cc2)c1C. The molecule has 32 heavy (non-hydrogen) atoms. The molecule has 0 N–H and O–H groups in total. The van der Waals surface area contributed by atoms with E-state index in [2.05, 4.69) is 94.8 Å². The van der Waals surface area contributed by atoms with Crippen molar-refractivity contribution < 1.29 is 0 Å². The largest absolute Gasteiger partial charge is 0.256 e. The first kappa shape index (κ1) is 22.6. The van der Waals surface area contributed by atoms with E-state index in [1.807, 2.05) is 6.20 Å². The Morgan fingerprint density at radius 2 is 1.59 bits per heavy atom. The van der Waals surface area contributed by atoms with Gasteiger partial charge in [-0.1, -0.05) is 50.7 Å². The van der Waals surface area contributed by atoms with E-state index < -0.39 is 0 Å². The summed E-state index contributed by atoms with van der Waals surface area (Å²) in [7, 11) is -0.169. The average molecular weight is 441 g/mol. The molecule has 0 amide bonds. The third-order valence-corrected chi connectivity index (χ3v) is 8.58. The first-order valence-corrected chi connectivity index (χ1v) is 13.5. The summed E-state index contributed by atoms with van der Waals surface area (Å²) >= 11 is 0. The van der Waals surface area contributed by atoms with Gasteiger partial charge in [0.2, 0.25) is 0 Å².